The molecule has 8 heteroatoms. The summed E-state index contributed by atoms with van der Waals surface area (Å²) in [7, 11) is 1.93. The normalized spacial score (nSPS) is 17.8. The first-order valence-corrected chi connectivity index (χ1v) is 8.92. The van der Waals surface area contributed by atoms with Crippen molar-refractivity contribution in [3.8, 4) is 0 Å². The maximum atomic E-state index is 5.93. The van der Waals surface area contributed by atoms with Crippen molar-refractivity contribution in [3.63, 3.8) is 0 Å². The van der Waals surface area contributed by atoms with Gasteiger partial charge < -0.3 is 19.4 Å². The van der Waals surface area contributed by atoms with Crippen molar-refractivity contribution < 1.29 is 9.15 Å². The molecule has 1 fully saturated rings. The number of aryl methyl sites for hydroxylation is 1. The van der Waals surface area contributed by atoms with Gasteiger partial charge in [-0.1, -0.05) is 6.92 Å². The van der Waals surface area contributed by atoms with Gasteiger partial charge in [0.15, 0.2) is 5.96 Å². The summed E-state index contributed by atoms with van der Waals surface area (Å²) in [6, 6.07) is 3.92. The standard InChI is InChI=1S/C18H27N5O2.HI/c1-3-7-19-18(20-8-6-16-5-4-10-24-16)23-9-11-25-17(14-23)15-12-21-22(2)13-15;/h4-5,10,12-13,17H,3,6-9,11,14H2,1-2H3,(H,19,20);1H. The zero-order valence-electron chi connectivity index (χ0n) is 15.4. The predicted octanol–water partition coefficient (Wildman–Crippen LogP) is 2.60. The minimum Gasteiger partial charge on any atom is -0.469 e. The summed E-state index contributed by atoms with van der Waals surface area (Å²) in [5, 5.41) is 7.73. The van der Waals surface area contributed by atoms with Crippen molar-refractivity contribution >= 4 is 29.9 Å². The topological polar surface area (TPSA) is 67.8 Å². The Balaban J connectivity index is 0.00000243. The minimum absolute atomic E-state index is 0. The second-order valence-electron chi connectivity index (χ2n) is 6.21. The van der Waals surface area contributed by atoms with Crippen molar-refractivity contribution in [2.24, 2.45) is 12.0 Å². The van der Waals surface area contributed by atoms with E-state index >= 15 is 0 Å². The number of morpholine rings is 1. The van der Waals surface area contributed by atoms with Gasteiger partial charge in [-0.3, -0.25) is 9.67 Å². The van der Waals surface area contributed by atoms with Crippen molar-refractivity contribution in [2.45, 2.75) is 25.9 Å². The van der Waals surface area contributed by atoms with Gasteiger partial charge in [0.1, 0.15) is 11.9 Å². The summed E-state index contributed by atoms with van der Waals surface area (Å²) in [5.41, 5.74) is 1.11. The van der Waals surface area contributed by atoms with E-state index in [2.05, 4.69) is 22.2 Å². The van der Waals surface area contributed by atoms with E-state index in [1.807, 2.05) is 36.3 Å². The number of halogens is 1. The van der Waals surface area contributed by atoms with Gasteiger partial charge in [0.05, 0.1) is 25.6 Å². The lowest BCUT2D eigenvalue weighted by molar-refractivity contribution is -0.00806. The lowest BCUT2D eigenvalue weighted by atomic mass is 10.1. The summed E-state index contributed by atoms with van der Waals surface area (Å²) in [6.45, 7) is 6.06. The highest BCUT2D eigenvalue weighted by Crippen LogP contribution is 2.21. The molecule has 1 saturated heterocycles. The third kappa shape index (κ3) is 5.73. The second-order valence-corrected chi connectivity index (χ2v) is 6.21. The summed E-state index contributed by atoms with van der Waals surface area (Å²) in [4.78, 5) is 7.02. The number of rotatable bonds is 6. The maximum absolute atomic E-state index is 5.93. The molecule has 0 saturated carbocycles. The summed E-state index contributed by atoms with van der Waals surface area (Å²) >= 11 is 0. The van der Waals surface area contributed by atoms with Crippen LogP contribution in [-0.2, 0) is 18.2 Å². The molecule has 0 aliphatic carbocycles. The van der Waals surface area contributed by atoms with E-state index in [-0.39, 0.29) is 30.1 Å². The quantitative estimate of drug-likeness (QED) is 0.397. The smallest absolute Gasteiger partial charge is 0.194 e. The molecule has 3 rings (SSSR count). The molecule has 0 aromatic carbocycles. The highest BCUT2D eigenvalue weighted by molar-refractivity contribution is 14.0. The van der Waals surface area contributed by atoms with Crippen LogP contribution in [0.1, 0.15) is 30.8 Å². The lowest BCUT2D eigenvalue weighted by Gasteiger charge is -2.35. The van der Waals surface area contributed by atoms with Crippen LogP contribution in [0, 0.1) is 0 Å². The number of aromatic nitrogens is 2. The Kier molecular flexibility index (Phi) is 8.43. The predicted molar refractivity (Wildman–Crippen MR) is 112 cm³/mol. The van der Waals surface area contributed by atoms with Gasteiger partial charge in [-0.15, -0.1) is 24.0 Å². The van der Waals surface area contributed by atoms with Crippen molar-refractivity contribution in [1.82, 2.24) is 20.0 Å². The van der Waals surface area contributed by atoms with Gasteiger partial charge in [-0.2, -0.15) is 5.10 Å². The Labute approximate surface area is 171 Å². The first-order valence-electron chi connectivity index (χ1n) is 8.92. The average molecular weight is 473 g/mol. The number of furan rings is 1. The minimum atomic E-state index is 0. The fourth-order valence-corrected chi connectivity index (χ4v) is 2.89. The molecule has 7 nitrogen and oxygen atoms in total. The molecule has 1 aliphatic rings. The molecule has 2 aromatic heterocycles. The van der Waals surface area contributed by atoms with Gasteiger partial charge >= 0.3 is 0 Å². The highest BCUT2D eigenvalue weighted by Gasteiger charge is 2.25. The third-order valence-corrected chi connectivity index (χ3v) is 4.18. The van der Waals surface area contributed by atoms with E-state index in [4.69, 9.17) is 14.1 Å². The Bertz CT molecular complexity index is 671. The van der Waals surface area contributed by atoms with Crippen molar-refractivity contribution in [1.29, 1.82) is 0 Å². The van der Waals surface area contributed by atoms with Crippen LogP contribution >= 0.6 is 24.0 Å². The van der Waals surface area contributed by atoms with Crippen molar-refractivity contribution in [2.75, 3.05) is 32.8 Å². The zero-order valence-corrected chi connectivity index (χ0v) is 17.8. The summed E-state index contributed by atoms with van der Waals surface area (Å²) in [5.74, 6) is 1.93. The van der Waals surface area contributed by atoms with Crippen molar-refractivity contribution in [3.05, 3.63) is 42.1 Å². The zero-order chi connectivity index (χ0) is 17.5. The van der Waals surface area contributed by atoms with E-state index in [1.54, 1.807) is 6.26 Å². The molecular formula is C18H28IN5O2. The number of nitrogens with one attached hydrogen (secondary N) is 1. The molecule has 1 atom stereocenters. The monoisotopic (exact) mass is 473 g/mol. The summed E-state index contributed by atoms with van der Waals surface area (Å²) in [6.07, 6.45) is 7.50. The van der Waals surface area contributed by atoms with Gasteiger partial charge in [0.25, 0.3) is 0 Å². The molecule has 1 N–H and O–H groups in total. The van der Waals surface area contributed by atoms with Crippen LogP contribution in [0.5, 0.6) is 0 Å². The van der Waals surface area contributed by atoms with E-state index in [1.165, 1.54) is 0 Å². The highest BCUT2D eigenvalue weighted by atomic mass is 127. The van der Waals surface area contributed by atoms with E-state index in [0.29, 0.717) is 6.61 Å². The molecule has 1 aliphatic heterocycles. The molecular weight excluding hydrogens is 445 g/mol. The van der Waals surface area contributed by atoms with Crippen LogP contribution in [0.3, 0.4) is 0 Å². The SMILES string of the molecule is CCCN=C(NCCc1ccco1)N1CCOC(c2cnn(C)c2)C1.I. The number of nitrogens with zero attached hydrogens (tertiary/aromatic N) is 4. The third-order valence-electron chi connectivity index (χ3n) is 4.18. The molecule has 1 unspecified atom stereocenters. The number of hydrogen-bond acceptors (Lipinski definition) is 4. The molecule has 2 aromatic rings. The molecule has 26 heavy (non-hydrogen) atoms. The van der Waals surface area contributed by atoms with Crippen LogP contribution in [0.2, 0.25) is 0 Å². The fourth-order valence-electron chi connectivity index (χ4n) is 2.89. The Morgan fingerprint density at radius 1 is 1.46 bits per heavy atom. The summed E-state index contributed by atoms with van der Waals surface area (Å²) < 4.78 is 13.1. The van der Waals surface area contributed by atoms with Gasteiger partial charge in [0.2, 0.25) is 0 Å². The number of ether oxygens (including phenoxy) is 1. The van der Waals surface area contributed by atoms with Gasteiger partial charge in [0, 0.05) is 44.9 Å². The van der Waals surface area contributed by atoms with Gasteiger partial charge in [-0.05, 0) is 18.6 Å². The van der Waals surface area contributed by atoms with Crippen LogP contribution < -0.4 is 5.32 Å². The van der Waals surface area contributed by atoms with Crippen LogP contribution in [-0.4, -0.2) is 53.4 Å². The van der Waals surface area contributed by atoms with E-state index in [0.717, 1.165) is 56.3 Å². The second kappa shape index (κ2) is 10.6. The number of guanidine groups is 1. The van der Waals surface area contributed by atoms with Crippen LogP contribution in [0.25, 0.3) is 0 Å². The largest absolute Gasteiger partial charge is 0.469 e. The van der Waals surface area contributed by atoms with E-state index < -0.39 is 0 Å². The van der Waals surface area contributed by atoms with E-state index in [9.17, 15) is 0 Å². The Morgan fingerprint density at radius 3 is 3.04 bits per heavy atom. The lowest BCUT2D eigenvalue weighted by Crippen LogP contribution is -2.48. The molecule has 0 bridgehead atoms. The molecule has 3 heterocycles. The molecule has 144 valence electrons. The maximum Gasteiger partial charge on any atom is 0.194 e. The first-order chi connectivity index (χ1) is 12.3. The van der Waals surface area contributed by atoms with Crippen LogP contribution in [0.15, 0.2) is 40.2 Å². The molecule has 0 radical (unpaired) electrons. The molecule has 0 spiro atoms. The number of hydrogen-bond donors (Lipinski definition) is 1. The Hall–Kier alpha value is -1.55. The average Bonchev–Trinajstić information content (AvgIpc) is 3.30. The fraction of sp³-hybridized carbons (Fsp3) is 0.556. The Morgan fingerprint density at radius 2 is 2.35 bits per heavy atom. The van der Waals surface area contributed by atoms with Crippen LogP contribution in [0.4, 0.5) is 0 Å². The first kappa shape index (κ1) is 20.8. The van der Waals surface area contributed by atoms with Gasteiger partial charge in [-0.25, -0.2) is 0 Å². The molecule has 0 amide bonds. The number of aliphatic imine (C=N–C) groups is 1.